The van der Waals surface area contributed by atoms with Crippen LogP contribution in [0.15, 0.2) is 0 Å². The number of amides is 1. The van der Waals surface area contributed by atoms with Crippen molar-refractivity contribution in [1.29, 1.82) is 0 Å². The van der Waals surface area contributed by atoms with E-state index >= 15 is 0 Å². The van der Waals surface area contributed by atoms with Crippen LogP contribution in [-0.2, 0) is 15.0 Å². The van der Waals surface area contributed by atoms with E-state index in [4.69, 9.17) is 5.73 Å². The Hall–Kier alpha value is -0.700. The minimum atomic E-state index is -3.65. The van der Waals surface area contributed by atoms with Gasteiger partial charge in [-0.3, -0.25) is 4.79 Å². The molecule has 7 nitrogen and oxygen atoms in total. The summed E-state index contributed by atoms with van der Waals surface area (Å²) >= 11 is 0. The molecule has 19 heavy (non-hydrogen) atoms. The number of nitrogens with two attached hydrogens (primary N) is 1. The van der Waals surface area contributed by atoms with E-state index in [-0.39, 0.29) is 5.91 Å². The summed E-state index contributed by atoms with van der Waals surface area (Å²) in [5.41, 5.74) is 5.33. The highest BCUT2D eigenvalue weighted by Crippen LogP contribution is 1.98. The molecule has 114 valence electrons. The molecule has 0 saturated heterocycles. The molecule has 0 saturated carbocycles. The first-order valence-electron chi connectivity index (χ1n) is 6.42. The van der Waals surface area contributed by atoms with Gasteiger partial charge in [-0.25, -0.2) is 0 Å². The maximum absolute atomic E-state index is 11.9. The number of hydrogen-bond acceptors (Lipinski definition) is 4. The SMILES string of the molecule is CC(C)CNC(=O)C(C)NS(=O)(=O)N(C)CCCN. The summed E-state index contributed by atoms with van der Waals surface area (Å²) in [5, 5.41) is 2.68. The van der Waals surface area contributed by atoms with Crippen LogP contribution in [0.1, 0.15) is 27.2 Å². The van der Waals surface area contributed by atoms with Crippen molar-refractivity contribution >= 4 is 16.1 Å². The highest BCUT2D eigenvalue weighted by Gasteiger charge is 2.23. The number of carbonyl (C=O) groups is 1. The lowest BCUT2D eigenvalue weighted by Gasteiger charge is -2.20. The third-order valence-corrected chi connectivity index (χ3v) is 4.15. The molecule has 1 amide bonds. The first-order valence-corrected chi connectivity index (χ1v) is 7.86. The van der Waals surface area contributed by atoms with Crippen LogP contribution in [-0.4, -0.2) is 51.4 Å². The number of carbonyl (C=O) groups excluding carboxylic acids is 1. The van der Waals surface area contributed by atoms with Gasteiger partial charge >= 0.3 is 0 Å². The molecule has 1 atom stereocenters. The summed E-state index contributed by atoms with van der Waals surface area (Å²) in [6.45, 7) is 6.72. The van der Waals surface area contributed by atoms with E-state index in [1.54, 1.807) is 0 Å². The fourth-order valence-corrected chi connectivity index (χ4v) is 2.36. The van der Waals surface area contributed by atoms with E-state index in [9.17, 15) is 13.2 Å². The molecule has 0 rings (SSSR count). The minimum Gasteiger partial charge on any atom is -0.354 e. The van der Waals surface area contributed by atoms with Crippen molar-refractivity contribution in [3.05, 3.63) is 0 Å². The molecule has 0 aromatic rings. The van der Waals surface area contributed by atoms with Gasteiger partial charge in [0.1, 0.15) is 0 Å². The maximum Gasteiger partial charge on any atom is 0.279 e. The van der Waals surface area contributed by atoms with Crippen LogP contribution in [0.3, 0.4) is 0 Å². The zero-order valence-electron chi connectivity index (χ0n) is 12.1. The van der Waals surface area contributed by atoms with Gasteiger partial charge in [0.05, 0.1) is 6.04 Å². The minimum absolute atomic E-state index is 0.319. The molecule has 0 aliphatic heterocycles. The summed E-state index contributed by atoms with van der Waals surface area (Å²) in [6.07, 6.45) is 0.575. The van der Waals surface area contributed by atoms with Crippen molar-refractivity contribution in [1.82, 2.24) is 14.3 Å². The van der Waals surface area contributed by atoms with Gasteiger partial charge in [-0.1, -0.05) is 13.8 Å². The first-order chi connectivity index (χ1) is 8.70. The van der Waals surface area contributed by atoms with Gasteiger partial charge in [-0.15, -0.1) is 0 Å². The molecular formula is C11H26N4O3S. The Kier molecular flexibility index (Phi) is 8.15. The predicted molar refractivity (Wildman–Crippen MR) is 75.7 cm³/mol. The highest BCUT2D eigenvalue weighted by molar-refractivity contribution is 7.87. The average Bonchev–Trinajstić information content (AvgIpc) is 2.31. The summed E-state index contributed by atoms with van der Waals surface area (Å²) in [7, 11) is -2.19. The van der Waals surface area contributed by atoms with Crippen molar-refractivity contribution in [2.24, 2.45) is 11.7 Å². The van der Waals surface area contributed by atoms with Gasteiger partial charge in [0.25, 0.3) is 10.2 Å². The van der Waals surface area contributed by atoms with Crippen LogP contribution in [0.4, 0.5) is 0 Å². The van der Waals surface area contributed by atoms with Crippen LogP contribution in [0.2, 0.25) is 0 Å². The molecule has 8 heteroatoms. The fraction of sp³-hybridized carbons (Fsp3) is 0.909. The Morgan fingerprint density at radius 3 is 2.37 bits per heavy atom. The number of rotatable bonds is 9. The van der Waals surface area contributed by atoms with Gasteiger partial charge in [0.2, 0.25) is 5.91 Å². The van der Waals surface area contributed by atoms with Gasteiger partial charge < -0.3 is 11.1 Å². The zero-order valence-corrected chi connectivity index (χ0v) is 13.0. The van der Waals surface area contributed by atoms with Crippen molar-refractivity contribution in [3.63, 3.8) is 0 Å². The molecule has 0 aliphatic carbocycles. The Morgan fingerprint density at radius 2 is 1.89 bits per heavy atom. The smallest absolute Gasteiger partial charge is 0.279 e. The standard InChI is InChI=1S/C11H26N4O3S/c1-9(2)8-13-11(16)10(3)14-19(17,18)15(4)7-5-6-12/h9-10,14H,5-8,12H2,1-4H3,(H,13,16). The van der Waals surface area contributed by atoms with Gasteiger partial charge in [0, 0.05) is 20.1 Å². The van der Waals surface area contributed by atoms with Crippen LogP contribution in [0.25, 0.3) is 0 Å². The molecule has 0 heterocycles. The van der Waals surface area contributed by atoms with E-state index in [0.717, 1.165) is 4.31 Å². The van der Waals surface area contributed by atoms with Gasteiger partial charge in [0.15, 0.2) is 0 Å². The Morgan fingerprint density at radius 1 is 1.32 bits per heavy atom. The molecule has 0 aromatic heterocycles. The van der Waals surface area contributed by atoms with Gasteiger partial charge in [-0.2, -0.15) is 17.4 Å². The Bertz CT molecular complexity index is 370. The van der Waals surface area contributed by atoms with E-state index in [0.29, 0.717) is 32.0 Å². The quantitative estimate of drug-likeness (QED) is 0.521. The molecule has 1 unspecified atom stereocenters. The first kappa shape index (κ1) is 18.3. The van der Waals surface area contributed by atoms with Gasteiger partial charge in [-0.05, 0) is 25.8 Å². The molecule has 4 N–H and O–H groups in total. The van der Waals surface area contributed by atoms with Crippen molar-refractivity contribution < 1.29 is 13.2 Å². The summed E-state index contributed by atoms with van der Waals surface area (Å²) < 4.78 is 27.3. The Balaban J connectivity index is 4.36. The molecule has 0 radical (unpaired) electrons. The highest BCUT2D eigenvalue weighted by atomic mass is 32.2. The fourth-order valence-electron chi connectivity index (χ4n) is 1.26. The lowest BCUT2D eigenvalue weighted by molar-refractivity contribution is -0.122. The Labute approximate surface area is 116 Å². The number of hydrogen-bond donors (Lipinski definition) is 3. The third kappa shape index (κ3) is 7.46. The monoisotopic (exact) mass is 294 g/mol. The second kappa shape index (κ2) is 8.47. The second-order valence-corrected chi connectivity index (χ2v) is 6.76. The average molecular weight is 294 g/mol. The second-order valence-electron chi connectivity index (χ2n) is 4.95. The van der Waals surface area contributed by atoms with Crippen molar-refractivity contribution in [2.45, 2.75) is 33.2 Å². The van der Waals surface area contributed by atoms with E-state index in [2.05, 4.69) is 10.0 Å². The largest absolute Gasteiger partial charge is 0.354 e. The van der Waals surface area contributed by atoms with E-state index in [1.807, 2.05) is 13.8 Å². The van der Waals surface area contributed by atoms with Crippen molar-refractivity contribution in [3.8, 4) is 0 Å². The van der Waals surface area contributed by atoms with Crippen LogP contribution in [0, 0.1) is 5.92 Å². The van der Waals surface area contributed by atoms with E-state index in [1.165, 1.54) is 14.0 Å². The molecule has 0 spiro atoms. The van der Waals surface area contributed by atoms with Crippen LogP contribution < -0.4 is 15.8 Å². The molecule has 0 fully saturated rings. The lowest BCUT2D eigenvalue weighted by Crippen LogP contribution is -2.49. The zero-order chi connectivity index (χ0) is 15.1. The normalized spacial score (nSPS) is 13.8. The number of nitrogens with one attached hydrogen (secondary N) is 2. The molecule has 0 aromatic carbocycles. The summed E-state index contributed by atoms with van der Waals surface area (Å²) in [6, 6.07) is -0.802. The lowest BCUT2D eigenvalue weighted by atomic mass is 10.2. The summed E-state index contributed by atoms with van der Waals surface area (Å²) in [4.78, 5) is 11.7. The summed E-state index contributed by atoms with van der Waals surface area (Å²) in [5.74, 6) is -0.00974. The maximum atomic E-state index is 11.9. The molecule has 0 bridgehead atoms. The van der Waals surface area contributed by atoms with Crippen LogP contribution in [0.5, 0.6) is 0 Å². The topological polar surface area (TPSA) is 105 Å². The third-order valence-electron chi connectivity index (χ3n) is 2.49. The van der Waals surface area contributed by atoms with Crippen LogP contribution >= 0.6 is 0 Å². The number of nitrogens with zero attached hydrogens (tertiary/aromatic N) is 1. The van der Waals surface area contributed by atoms with E-state index < -0.39 is 16.3 Å². The van der Waals surface area contributed by atoms with Crippen molar-refractivity contribution in [2.75, 3.05) is 26.7 Å². The molecule has 0 aliphatic rings. The molecular weight excluding hydrogens is 268 g/mol. The predicted octanol–water partition coefficient (Wildman–Crippen LogP) is -0.738.